The maximum Gasteiger partial charge on any atom is 0.252 e. The molecule has 1 saturated carbocycles. The van der Waals surface area contributed by atoms with E-state index in [1.165, 1.54) is 118 Å². The Labute approximate surface area is 507 Å². The first-order valence-electron chi connectivity index (χ1n) is 31.5. The third-order valence-electron chi connectivity index (χ3n) is 21.5. The van der Waals surface area contributed by atoms with E-state index in [1.54, 1.807) is 0 Å². The highest BCUT2D eigenvalue weighted by molar-refractivity contribution is 7.00. The molecule has 0 spiro atoms. The fourth-order valence-electron chi connectivity index (χ4n) is 15.5. The van der Waals surface area contributed by atoms with Crippen LogP contribution in [-0.4, -0.2) is 12.3 Å². The third kappa shape index (κ3) is 8.70. The summed E-state index contributed by atoms with van der Waals surface area (Å²) in [6, 6.07) is 65.1. The first-order chi connectivity index (χ1) is 39.1. The van der Waals surface area contributed by atoms with Crippen molar-refractivity contribution in [3.05, 3.63) is 197 Å². The molecule has 84 heavy (non-hydrogen) atoms. The van der Waals surface area contributed by atoms with Crippen molar-refractivity contribution in [2.24, 2.45) is 10.8 Å². The summed E-state index contributed by atoms with van der Waals surface area (Å²) in [4.78, 5) is 8.33. The SMILES string of the molecule is CC(C)(C)c1ccc2c(c1)B1c3ccc(C(C)(C)C)cc3N(c3ccc(C(C)(C)C)cc3-c3ccccc3)c3cc(N4c5ccc(C(C)(C)C)cc5C5(C)C(C)(C)CCC(C)(C)C45C)cc(c31)N2c1ccc(C(C)(C)C)cc1-c1ccccc1. The van der Waals surface area contributed by atoms with Gasteiger partial charge in [0, 0.05) is 50.7 Å². The van der Waals surface area contributed by atoms with Crippen molar-refractivity contribution in [1.82, 2.24) is 0 Å². The van der Waals surface area contributed by atoms with Crippen LogP contribution < -0.4 is 31.1 Å². The number of benzene rings is 8. The Kier molecular flexibility index (Phi) is 12.9. The van der Waals surface area contributed by atoms with Gasteiger partial charge >= 0.3 is 0 Å². The molecule has 0 amide bonds. The lowest BCUT2D eigenvalue weighted by atomic mass is 9.33. The Morgan fingerprint density at radius 1 is 0.345 bits per heavy atom. The molecular formula is C80H94BN3. The van der Waals surface area contributed by atoms with Crippen LogP contribution in [0, 0.1) is 10.8 Å². The van der Waals surface area contributed by atoms with Crippen LogP contribution in [0.4, 0.5) is 45.5 Å². The summed E-state index contributed by atoms with van der Waals surface area (Å²) in [5.74, 6) is 0. The van der Waals surface area contributed by atoms with Crippen LogP contribution in [0.25, 0.3) is 22.3 Å². The summed E-state index contributed by atoms with van der Waals surface area (Å²) in [7, 11) is 0. The van der Waals surface area contributed by atoms with E-state index in [9.17, 15) is 0 Å². The molecule has 4 heteroatoms. The van der Waals surface area contributed by atoms with Crippen molar-refractivity contribution in [3.8, 4) is 22.3 Å². The first-order valence-corrected chi connectivity index (χ1v) is 31.5. The van der Waals surface area contributed by atoms with Crippen LogP contribution in [0.5, 0.6) is 0 Å². The topological polar surface area (TPSA) is 9.72 Å². The molecule has 0 saturated heterocycles. The van der Waals surface area contributed by atoms with Gasteiger partial charge in [0.05, 0.1) is 16.9 Å². The average molecular weight is 1110 g/mol. The van der Waals surface area contributed by atoms with Crippen LogP contribution in [-0.2, 0) is 32.5 Å². The molecule has 2 atom stereocenters. The Hall–Kier alpha value is -6.78. The highest BCUT2D eigenvalue weighted by Crippen LogP contribution is 2.72. The van der Waals surface area contributed by atoms with Gasteiger partial charge in [0.15, 0.2) is 0 Å². The van der Waals surface area contributed by atoms with Crippen LogP contribution in [0.1, 0.15) is 192 Å². The lowest BCUT2D eigenvalue weighted by molar-refractivity contribution is -0.0415. The Morgan fingerprint density at radius 2 is 0.738 bits per heavy atom. The zero-order chi connectivity index (χ0) is 60.4. The summed E-state index contributed by atoms with van der Waals surface area (Å²) >= 11 is 0. The summed E-state index contributed by atoms with van der Waals surface area (Å²) in [6.07, 6.45) is 2.27. The average Bonchev–Trinajstić information content (AvgIpc) is 1.42. The van der Waals surface area contributed by atoms with Gasteiger partial charge in [0.1, 0.15) is 0 Å². The van der Waals surface area contributed by atoms with Gasteiger partial charge in [-0.15, -0.1) is 0 Å². The molecule has 3 aliphatic heterocycles. The van der Waals surface area contributed by atoms with Gasteiger partial charge in [-0.05, 0) is 173 Å². The minimum absolute atomic E-state index is 0.0202. The summed E-state index contributed by atoms with van der Waals surface area (Å²) in [6.45, 7) is 51.0. The minimum Gasteiger partial charge on any atom is -0.334 e. The number of fused-ring (bicyclic) bond motifs is 7. The van der Waals surface area contributed by atoms with Crippen molar-refractivity contribution in [2.75, 3.05) is 14.7 Å². The van der Waals surface area contributed by atoms with Crippen molar-refractivity contribution in [1.29, 1.82) is 0 Å². The van der Waals surface area contributed by atoms with Crippen molar-refractivity contribution >= 4 is 68.6 Å². The maximum absolute atomic E-state index is 2.89. The standard InChI is InChI=1S/C80H94BN3/c1-72(2,3)53-33-38-64(59(44-53)51-28-24-22-25-29-51)82-67-41-36-56(75(10,11)12)47-63(67)81-62-37-32-57(76(13,14)15)48-68(62)83(65-39-34-54(73(4,5)6)45-60(65)52-30-26-23-27-31-52)70-50-58(49-69(82)71(70)81)84-66-40-35-55(74(7,8)9)46-61(66)79(20)77(16,17)42-43-78(18,19)80(79,84)21/h22-41,44-50H,42-43H2,1-21H3. The molecule has 8 aromatic rings. The molecule has 2 unspecified atom stereocenters. The highest BCUT2D eigenvalue weighted by Gasteiger charge is 2.70. The van der Waals surface area contributed by atoms with Gasteiger partial charge in [0.2, 0.25) is 0 Å². The smallest absolute Gasteiger partial charge is 0.252 e. The largest absolute Gasteiger partial charge is 0.334 e. The molecule has 1 aliphatic carbocycles. The normalized spacial score (nSPS) is 19.8. The van der Waals surface area contributed by atoms with Crippen LogP contribution in [0.3, 0.4) is 0 Å². The fraction of sp³-hybridized carbons (Fsp3) is 0.400. The quantitative estimate of drug-likeness (QED) is 0.159. The Bertz CT molecular complexity index is 3920. The monoisotopic (exact) mass is 1110 g/mol. The lowest BCUT2D eigenvalue weighted by Crippen LogP contribution is -2.69. The van der Waals surface area contributed by atoms with Crippen molar-refractivity contribution in [2.45, 2.75) is 196 Å². The van der Waals surface area contributed by atoms with Gasteiger partial charge in [-0.3, -0.25) is 0 Å². The lowest BCUT2D eigenvalue weighted by Gasteiger charge is -2.65. The van der Waals surface area contributed by atoms with E-state index >= 15 is 0 Å². The number of hydrogen-bond donors (Lipinski definition) is 0. The first kappa shape index (κ1) is 57.6. The van der Waals surface area contributed by atoms with Gasteiger partial charge in [-0.2, -0.15) is 0 Å². The fourth-order valence-corrected chi connectivity index (χ4v) is 15.5. The molecule has 0 aromatic heterocycles. The molecule has 1 fully saturated rings. The van der Waals surface area contributed by atoms with Crippen LogP contribution in [0.2, 0.25) is 0 Å². The molecule has 3 heterocycles. The summed E-state index contributed by atoms with van der Waals surface area (Å²) in [5, 5.41) is 0. The molecule has 3 nitrogen and oxygen atoms in total. The molecule has 12 rings (SSSR count). The molecule has 0 N–H and O–H groups in total. The Balaban J connectivity index is 1.29. The second-order valence-electron chi connectivity index (χ2n) is 32.5. The molecular weight excluding hydrogens is 1010 g/mol. The zero-order valence-electron chi connectivity index (χ0n) is 54.9. The molecule has 0 radical (unpaired) electrons. The van der Waals surface area contributed by atoms with E-state index in [1.807, 2.05) is 0 Å². The predicted molar refractivity (Wildman–Crippen MR) is 366 cm³/mol. The molecule has 8 aromatic carbocycles. The van der Waals surface area contributed by atoms with Crippen molar-refractivity contribution < 1.29 is 0 Å². The van der Waals surface area contributed by atoms with Crippen LogP contribution in [0.15, 0.2) is 164 Å². The number of hydrogen-bond acceptors (Lipinski definition) is 3. The van der Waals surface area contributed by atoms with Crippen LogP contribution >= 0.6 is 0 Å². The number of rotatable bonds is 5. The third-order valence-corrected chi connectivity index (χ3v) is 21.5. The number of nitrogens with zero attached hydrogens (tertiary/aromatic N) is 3. The second-order valence-corrected chi connectivity index (χ2v) is 32.5. The van der Waals surface area contributed by atoms with Gasteiger partial charge in [-0.25, -0.2) is 0 Å². The van der Waals surface area contributed by atoms with Crippen molar-refractivity contribution in [3.63, 3.8) is 0 Å². The van der Waals surface area contributed by atoms with Gasteiger partial charge < -0.3 is 14.7 Å². The zero-order valence-corrected chi connectivity index (χ0v) is 54.9. The van der Waals surface area contributed by atoms with E-state index in [0.29, 0.717) is 0 Å². The molecule has 4 aliphatic rings. The Morgan fingerprint density at radius 3 is 1.21 bits per heavy atom. The van der Waals surface area contributed by atoms with Gasteiger partial charge in [0.25, 0.3) is 6.71 Å². The summed E-state index contributed by atoms with van der Waals surface area (Å²) < 4.78 is 0. The number of anilines is 8. The van der Waals surface area contributed by atoms with E-state index in [0.717, 1.165) is 12.8 Å². The van der Waals surface area contributed by atoms with E-state index < -0.39 is 0 Å². The molecule has 0 bridgehead atoms. The minimum atomic E-state index is -0.357. The van der Waals surface area contributed by atoms with E-state index in [-0.39, 0.29) is 55.6 Å². The summed E-state index contributed by atoms with van der Waals surface area (Å²) in [5.41, 5.74) is 25.9. The van der Waals surface area contributed by atoms with E-state index in [4.69, 9.17) is 0 Å². The predicted octanol–water partition coefficient (Wildman–Crippen LogP) is 20.6. The van der Waals surface area contributed by atoms with E-state index in [2.05, 4.69) is 324 Å². The van der Waals surface area contributed by atoms with Gasteiger partial charge in [-0.1, -0.05) is 248 Å². The highest BCUT2D eigenvalue weighted by atomic mass is 15.3. The maximum atomic E-state index is 2.89. The second kappa shape index (κ2) is 18.9. The molecule has 432 valence electrons.